The molecule has 0 atom stereocenters. The number of hydrogen-bond donors (Lipinski definition) is 0. The number of ether oxygens (including phenoxy) is 1. The van der Waals surface area contributed by atoms with Crippen LogP contribution in [-0.4, -0.2) is 86.0 Å². The lowest BCUT2D eigenvalue weighted by molar-refractivity contribution is -0.135. The molecule has 2 amide bonds. The lowest BCUT2D eigenvalue weighted by Crippen LogP contribution is -2.49. The molecule has 1 aliphatic heterocycles. The Hall–Kier alpha value is -2.18. The van der Waals surface area contributed by atoms with Gasteiger partial charge < -0.3 is 14.5 Å². The molecule has 0 saturated carbocycles. The smallest absolute Gasteiger partial charge is 0.224 e. The van der Waals surface area contributed by atoms with Crippen molar-refractivity contribution in [3.63, 3.8) is 0 Å². The Bertz CT molecular complexity index is 610. The molecule has 6 nitrogen and oxygen atoms in total. The molecule has 1 fully saturated rings. The molecule has 2 rings (SSSR count). The maximum Gasteiger partial charge on any atom is 0.224 e. The normalized spacial score (nSPS) is 15.3. The largest absolute Gasteiger partial charge is 0.383 e. The van der Waals surface area contributed by atoms with Crippen LogP contribution in [0.5, 0.6) is 0 Å². The third-order valence-corrected chi connectivity index (χ3v) is 4.80. The Kier molecular flexibility index (Phi) is 9.01. The second-order valence-electron chi connectivity index (χ2n) is 6.74. The van der Waals surface area contributed by atoms with Gasteiger partial charge in [0, 0.05) is 66.3 Å². The highest BCUT2D eigenvalue weighted by Crippen LogP contribution is 2.06. The Labute approximate surface area is 162 Å². The van der Waals surface area contributed by atoms with E-state index in [4.69, 9.17) is 4.74 Å². The second kappa shape index (κ2) is 11.5. The number of rotatable bonds is 9. The first kappa shape index (κ1) is 21.1. The van der Waals surface area contributed by atoms with Crippen LogP contribution in [0.1, 0.15) is 18.9 Å². The maximum atomic E-state index is 12.4. The first-order chi connectivity index (χ1) is 13.1. The standard InChI is InChI=1S/C21H31N3O3/c1-19(25)23(17-18-27-2)12-10-21(26)24-15-13-22(14-16-24)11-6-9-20-7-4-3-5-8-20/h3-9H,10-18H2,1-2H3/b9-6+. The number of nitrogens with zero attached hydrogens (tertiary/aromatic N) is 3. The molecular weight excluding hydrogens is 342 g/mol. The van der Waals surface area contributed by atoms with E-state index < -0.39 is 0 Å². The number of benzene rings is 1. The van der Waals surface area contributed by atoms with E-state index in [0.717, 1.165) is 32.7 Å². The Balaban J connectivity index is 1.69. The van der Waals surface area contributed by atoms with Crippen molar-refractivity contribution in [2.24, 2.45) is 0 Å². The monoisotopic (exact) mass is 373 g/mol. The predicted molar refractivity (Wildman–Crippen MR) is 107 cm³/mol. The molecule has 0 unspecified atom stereocenters. The molecule has 1 aliphatic rings. The second-order valence-corrected chi connectivity index (χ2v) is 6.74. The maximum absolute atomic E-state index is 12.4. The van der Waals surface area contributed by atoms with Gasteiger partial charge in [0.25, 0.3) is 0 Å². The van der Waals surface area contributed by atoms with Crippen molar-refractivity contribution >= 4 is 17.9 Å². The summed E-state index contributed by atoms with van der Waals surface area (Å²) < 4.78 is 5.02. The van der Waals surface area contributed by atoms with Crippen LogP contribution in [0.15, 0.2) is 36.4 Å². The van der Waals surface area contributed by atoms with Crippen molar-refractivity contribution in [1.82, 2.24) is 14.7 Å². The van der Waals surface area contributed by atoms with Crippen molar-refractivity contribution in [3.8, 4) is 0 Å². The number of carbonyl (C=O) groups excluding carboxylic acids is 2. The van der Waals surface area contributed by atoms with Gasteiger partial charge in [0.15, 0.2) is 0 Å². The van der Waals surface area contributed by atoms with E-state index in [-0.39, 0.29) is 11.8 Å². The van der Waals surface area contributed by atoms with Gasteiger partial charge in [-0.25, -0.2) is 0 Å². The van der Waals surface area contributed by atoms with E-state index in [0.29, 0.717) is 26.1 Å². The quantitative estimate of drug-likeness (QED) is 0.662. The van der Waals surface area contributed by atoms with E-state index in [1.54, 1.807) is 12.0 Å². The molecule has 0 N–H and O–H groups in total. The minimum absolute atomic E-state index is 0.0186. The zero-order valence-electron chi connectivity index (χ0n) is 16.5. The summed E-state index contributed by atoms with van der Waals surface area (Å²) in [5.74, 6) is 0.105. The van der Waals surface area contributed by atoms with Crippen LogP contribution in [0.25, 0.3) is 6.08 Å². The zero-order chi connectivity index (χ0) is 19.5. The summed E-state index contributed by atoms with van der Waals surface area (Å²) in [5.41, 5.74) is 1.20. The molecule has 0 aliphatic carbocycles. The van der Waals surface area contributed by atoms with E-state index >= 15 is 0 Å². The highest BCUT2D eigenvalue weighted by atomic mass is 16.5. The van der Waals surface area contributed by atoms with Gasteiger partial charge in [0.1, 0.15) is 0 Å². The third kappa shape index (κ3) is 7.53. The molecule has 0 bridgehead atoms. The zero-order valence-corrected chi connectivity index (χ0v) is 16.5. The summed E-state index contributed by atoms with van der Waals surface area (Å²) in [6, 6.07) is 10.3. The van der Waals surface area contributed by atoms with Gasteiger partial charge in [-0.05, 0) is 5.56 Å². The van der Waals surface area contributed by atoms with Crippen molar-refractivity contribution in [3.05, 3.63) is 42.0 Å². The van der Waals surface area contributed by atoms with E-state index in [1.807, 2.05) is 23.1 Å². The van der Waals surface area contributed by atoms with Gasteiger partial charge in [-0.3, -0.25) is 14.5 Å². The Morgan fingerprint density at radius 3 is 2.44 bits per heavy atom. The molecule has 27 heavy (non-hydrogen) atoms. The van der Waals surface area contributed by atoms with Crippen LogP contribution >= 0.6 is 0 Å². The van der Waals surface area contributed by atoms with Crippen LogP contribution in [0.3, 0.4) is 0 Å². The Morgan fingerprint density at radius 1 is 1.11 bits per heavy atom. The van der Waals surface area contributed by atoms with E-state index in [2.05, 4.69) is 29.2 Å². The summed E-state index contributed by atoms with van der Waals surface area (Å²) in [5, 5.41) is 0. The molecule has 0 spiro atoms. The fraction of sp³-hybridized carbons (Fsp3) is 0.524. The fourth-order valence-electron chi connectivity index (χ4n) is 3.10. The minimum atomic E-state index is -0.0186. The summed E-state index contributed by atoms with van der Waals surface area (Å²) >= 11 is 0. The van der Waals surface area contributed by atoms with Crippen molar-refractivity contribution in [2.45, 2.75) is 13.3 Å². The van der Waals surface area contributed by atoms with Crippen molar-refractivity contribution in [2.75, 3.05) is 59.5 Å². The number of hydrogen-bond acceptors (Lipinski definition) is 4. The molecule has 148 valence electrons. The minimum Gasteiger partial charge on any atom is -0.383 e. The van der Waals surface area contributed by atoms with Gasteiger partial charge in [0.05, 0.1) is 6.61 Å². The average molecular weight is 373 g/mol. The molecular formula is C21H31N3O3. The SMILES string of the molecule is COCCN(CCC(=O)N1CCN(C/C=C/c2ccccc2)CC1)C(C)=O. The molecule has 1 aromatic carbocycles. The van der Waals surface area contributed by atoms with Gasteiger partial charge in [-0.15, -0.1) is 0 Å². The van der Waals surface area contributed by atoms with Gasteiger partial charge >= 0.3 is 0 Å². The number of methoxy groups -OCH3 is 1. The number of carbonyl (C=O) groups is 2. The van der Waals surface area contributed by atoms with Crippen LogP contribution in [0.2, 0.25) is 0 Å². The first-order valence-electron chi connectivity index (χ1n) is 9.56. The van der Waals surface area contributed by atoms with E-state index in [9.17, 15) is 9.59 Å². The fourth-order valence-corrected chi connectivity index (χ4v) is 3.10. The lowest BCUT2D eigenvalue weighted by atomic mass is 10.2. The van der Waals surface area contributed by atoms with Crippen molar-refractivity contribution < 1.29 is 14.3 Å². The highest BCUT2D eigenvalue weighted by molar-refractivity contribution is 5.78. The van der Waals surface area contributed by atoms with Gasteiger partial charge in [-0.2, -0.15) is 0 Å². The highest BCUT2D eigenvalue weighted by Gasteiger charge is 2.21. The molecule has 1 aromatic rings. The molecule has 1 heterocycles. The Morgan fingerprint density at radius 2 is 1.81 bits per heavy atom. The third-order valence-electron chi connectivity index (χ3n) is 4.80. The first-order valence-corrected chi connectivity index (χ1v) is 9.56. The average Bonchev–Trinajstić information content (AvgIpc) is 2.69. The lowest BCUT2D eigenvalue weighted by Gasteiger charge is -2.34. The molecule has 1 saturated heterocycles. The van der Waals surface area contributed by atoms with Gasteiger partial charge in [0.2, 0.25) is 11.8 Å². The topological polar surface area (TPSA) is 53.1 Å². The van der Waals surface area contributed by atoms with Crippen LogP contribution < -0.4 is 0 Å². The summed E-state index contributed by atoms with van der Waals surface area (Å²) in [6.07, 6.45) is 4.68. The van der Waals surface area contributed by atoms with Crippen LogP contribution in [0, 0.1) is 0 Å². The summed E-state index contributed by atoms with van der Waals surface area (Å²) in [7, 11) is 1.61. The van der Waals surface area contributed by atoms with Crippen LogP contribution in [-0.2, 0) is 14.3 Å². The summed E-state index contributed by atoms with van der Waals surface area (Å²) in [4.78, 5) is 30.0. The molecule has 0 aromatic heterocycles. The van der Waals surface area contributed by atoms with Crippen LogP contribution in [0.4, 0.5) is 0 Å². The number of amides is 2. The van der Waals surface area contributed by atoms with Gasteiger partial charge in [-0.1, -0.05) is 42.5 Å². The summed E-state index contributed by atoms with van der Waals surface area (Å²) in [6.45, 7) is 7.15. The molecule has 0 radical (unpaired) electrons. The van der Waals surface area contributed by atoms with Crippen molar-refractivity contribution in [1.29, 1.82) is 0 Å². The predicted octanol–water partition coefficient (Wildman–Crippen LogP) is 1.73. The molecule has 6 heteroatoms. The van der Waals surface area contributed by atoms with E-state index in [1.165, 1.54) is 12.5 Å². The number of piperazine rings is 1.